The first-order valence-electron chi connectivity index (χ1n) is 8.34. The number of carbonyl (C=O) groups excluding carboxylic acids is 1. The molecular formula is C18H22F3N3O2. The molecule has 26 heavy (non-hydrogen) atoms. The molecule has 2 aromatic rings. The third-order valence-corrected chi connectivity index (χ3v) is 4.00. The zero-order valence-corrected chi connectivity index (χ0v) is 14.8. The fourth-order valence-electron chi connectivity index (χ4n) is 2.43. The predicted octanol–water partition coefficient (Wildman–Crippen LogP) is 3.51. The van der Waals surface area contributed by atoms with Gasteiger partial charge in [-0.1, -0.05) is 26.0 Å². The zero-order chi connectivity index (χ0) is 19.5. The van der Waals surface area contributed by atoms with Gasteiger partial charge in [-0.3, -0.25) is 9.48 Å². The first kappa shape index (κ1) is 20.0. The van der Waals surface area contributed by atoms with Crippen LogP contribution in [0.4, 0.5) is 13.2 Å². The Morgan fingerprint density at radius 1 is 1.27 bits per heavy atom. The van der Waals surface area contributed by atoms with Gasteiger partial charge in [0.05, 0.1) is 17.4 Å². The minimum absolute atomic E-state index is 0.115. The standard InChI is InChI=1S/C18H22F3N3O2/c1-4-24-15(9-14(23-24)11(2)3)17(26)22-10-16(25)12-5-7-13(8-6-12)18(19,20)21/h5-9,11,16,25H,4,10H2,1-3H3,(H,22,26)/t16-/m0/s1. The average Bonchev–Trinajstić information content (AvgIpc) is 3.03. The Kier molecular flexibility index (Phi) is 6.07. The van der Waals surface area contributed by atoms with Gasteiger partial charge in [0.15, 0.2) is 0 Å². The summed E-state index contributed by atoms with van der Waals surface area (Å²) in [5.41, 5.74) is 0.687. The van der Waals surface area contributed by atoms with E-state index in [2.05, 4.69) is 10.4 Å². The Morgan fingerprint density at radius 3 is 2.38 bits per heavy atom. The van der Waals surface area contributed by atoms with E-state index in [0.29, 0.717) is 17.8 Å². The van der Waals surface area contributed by atoms with Crippen LogP contribution in [0.5, 0.6) is 0 Å². The highest BCUT2D eigenvalue weighted by Gasteiger charge is 2.30. The highest BCUT2D eigenvalue weighted by atomic mass is 19.4. The van der Waals surface area contributed by atoms with Crippen molar-refractivity contribution in [2.45, 2.75) is 45.5 Å². The number of nitrogens with zero attached hydrogens (tertiary/aromatic N) is 2. The van der Waals surface area contributed by atoms with Gasteiger partial charge in [0.2, 0.25) is 0 Å². The lowest BCUT2D eigenvalue weighted by Gasteiger charge is -2.14. The smallest absolute Gasteiger partial charge is 0.387 e. The van der Waals surface area contributed by atoms with Crippen molar-refractivity contribution in [1.82, 2.24) is 15.1 Å². The maximum Gasteiger partial charge on any atom is 0.416 e. The second-order valence-corrected chi connectivity index (χ2v) is 6.27. The number of hydrogen-bond acceptors (Lipinski definition) is 3. The SMILES string of the molecule is CCn1nc(C(C)C)cc1C(=O)NC[C@H](O)c1ccc(C(F)(F)F)cc1. The number of aryl methyl sites for hydroxylation is 1. The number of aromatic nitrogens is 2. The predicted molar refractivity (Wildman–Crippen MR) is 90.7 cm³/mol. The molecule has 0 saturated heterocycles. The van der Waals surface area contributed by atoms with Crippen molar-refractivity contribution < 1.29 is 23.1 Å². The Labute approximate surface area is 149 Å². The average molecular weight is 369 g/mol. The van der Waals surface area contributed by atoms with Crippen LogP contribution >= 0.6 is 0 Å². The second kappa shape index (κ2) is 7.90. The molecule has 2 N–H and O–H groups in total. The molecule has 0 unspecified atom stereocenters. The Bertz CT molecular complexity index is 752. The minimum Gasteiger partial charge on any atom is -0.387 e. The number of benzene rings is 1. The van der Waals surface area contributed by atoms with Crippen LogP contribution in [0, 0.1) is 0 Å². The fraction of sp³-hybridized carbons (Fsp3) is 0.444. The summed E-state index contributed by atoms with van der Waals surface area (Å²) in [6.45, 7) is 6.22. The summed E-state index contributed by atoms with van der Waals surface area (Å²) < 4.78 is 39.3. The molecule has 0 aliphatic rings. The number of aliphatic hydroxyl groups is 1. The maximum atomic E-state index is 12.6. The molecule has 1 amide bonds. The topological polar surface area (TPSA) is 67.2 Å². The Morgan fingerprint density at radius 2 is 1.88 bits per heavy atom. The summed E-state index contributed by atoms with van der Waals surface area (Å²) in [5.74, 6) is -0.218. The molecule has 0 aliphatic heterocycles. The molecule has 0 bridgehead atoms. The Balaban J connectivity index is 2.03. The fourth-order valence-corrected chi connectivity index (χ4v) is 2.43. The van der Waals surface area contributed by atoms with E-state index in [1.807, 2.05) is 20.8 Å². The normalized spacial score (nSPS) is 13.1. The molecule has 1 aromatic carbocycles. The van der Waals surface area contributed by atoms with E-state index in [1.165, 1.54) is 12.1 Å². The zero-order valence-electron chi connectivity index (χ0n) is 14.8. The highest BCUT2D eigenvalue weighted by molar-refractivity contribution is 5.92. The molecule has 142 valence electrons. The van der Waals surface area contributed by atoms with Gasteiger partial charge in [0, 0.05) is 13.1 Å². The van der Waals surface area contributed by atoms with Crippen molar-refractivity contribution in [2.24, 2.45) is 0 Å². The number of nitrogens with one attached hydrogen (secondary N) is 1. The molecule has 0 spiro atoms. The molecule has 1 aromatic heterocycles. The van der Waals surface area contributed by atoms with Crippen LogP contribution in [0.15, 0.2) is 30.3 Å². The van der Waals surface area contributed by atoms with Crippen LogP contribution in [-0.4, -0.2) is 27.3 Å². The van der Waals surface area contributed by atoms with Gasteiger partial charge in [0.1, 0.15) is 5.69 Å². The van der Waals surface area contributed by atoms with E-state index >= 15 is 0 Å². The van der Waals surface area contributed by atoms with Crippen LogP contribution in [0.25, 0.3) is 0 Å². The summed E-state index contributed by atoms with van der Waals surface area (Å²) in [7, 11) is 0. The van der Waals surface area contributed by atoms with Crippen LogP contribution in [0.1, 0.15) is 60.1 Å². The number of amides is 1. The van der Waals surface area contributed by atoms with Crippen LogP contribution in [0.2, 0.25) is 0 Å². The summed E-state index contributed by atoms with van der Waals surface area (Å²) in [4.78, 5) is 12.3. The third-order valence-electron chi connectivity index (χ3n) is 4.00. The lowest BCUT2D eigenvalue weighted by Crippen LogP contribution is -2.30. The van der Waals surface area contributed by atoms with Crippen molar-refractivity contribution in [2.75, 3.05) is 6.54 Å². The van der Waals surface area contributed by atoms with E-state index in [4.69, 9.17) is 0 Å². The van der Waals surface area contributed by atoms with Gasteiger partial charge in [-0.25, -0.2) is 0 Å². The van der Waals surface area contributed by atoms with Gasteiger partial charge in [0.25, 0.3) is 5.91 Å². The summed E-state index contributed by atoms with van der Waals surface area (Å²) >= 11 is 0. The summed E-state index contributed by atoms with van der Waals surface area (Å²) in [6, 6.07) is 5.91. The molecule has 1 atom stereocenters. The number of halogens is 3. The van der Waals surface area contributed by atoms with E-state index in [0.717, 1.165) is 17.8 Å². The van der Waals surface area contributed by atoms with E-state index < -0.39 is 23.8 Å². The van der Waals surface area contributed by atoms with Crippen molar-refractivity contribution in [3.05, 3.63) is 52.8 Å². The first-order chi connectivity index (χ1) is 12.1. The van der Waals surface area contributed by atoms with Crippen LogP contribution in [-0.2, 0) is 12.7 Å². The van der Waals surface area contributed by atoms with Crippen molar-refractivity contribution >= 4 is 5.91 Å². The number of alkyl halides is 3. The van der Waals surface area contributed by atoms with Gasteiger partial charge < -0.3 is 10.4 Å². The molecule has 8 heteroatoms. The molecular weight excluding hydrogens is 347 g/mol. The lowest BCUT2D eigenvalue weighted by molar-refractivity contribution is -0.137. The maximum absolute atomic E-state index is 12.6. The van der Waals surface area contributed by atoms with E-state index in [-0.39, 0.29) is 12.5 Å². The quantitative estimate of drug-likeness (QED) is 0.819. The van der Waals surface area contributed by atoms with Gasteiger partial charge >= 0.3 is 6.18 Å². The molecule has 2 rings (SSSR count). The van der Waals surface area contributed by atoms with Crippen LogP contribution < -0.4 is 5.32 Å². The molecule has 0 saturated carbocycles. The van der Waals surface area contributed by atoms with Crippen molar-refractivity contribution in [3.8, 4) is 0 Å². The third kappa shape index (κ3) is 4.63. The summed E-state index contributed by atoms with van der Waals surface area (Å²) in [5, 5.41) is 17.1. The lowest BCUT2D eigenvalue weighted by atomic mass is 10.1. The van der Waals surface area contributed by atoms with Gasteiger partial charge in [-0.15, -0.1) is 0 Å². The molecule has 0 radical (unpaired) electrons. The van der Waals surface area contributed by atoms with E-state index in [9.17, 15) is 23.1 Å². The monoisotopic (exact) mass is 369 g/mol. The van der Waals surface area contributed by atoms with Crippen molar-refractivity contribution in [1.29, 1.82) is 0 Å². The molecule has 1 heterocycles. The Hall–Kier alpha value is -2.35. The largest absolute Gasteiger partial charge is 0.416 e. The number of rotatable bonds is 6. The van der Waals surface area contributed by atoms with Crippen LogP contribution in [0.3, 0.4) is 0 Å². The van der Waals surface area contributed by atoms with Gasteiger partial charge in [-0.2, -0.15) is 18.3 Å². The molecule has 0 fully saturated rings. The number of carbonyl (C=O) groups is 1. The minimum atomic E-state index is -4.43. The van der Waals surface area contributed by atoms with Crippen molar-refractivity contribution in [3.63, 3.8) is 0 Å². The van der Waals surface area contributed by atoms with E-state index in [1.54, 1.807) is 10.7 Å². The first-order valence-corrected chi connectivity index (χ1v) is 8.34. The van der Waals surface area contributed by atoms with Gasteiger partial charge in [-0.05, 0) is 36.6 Å². The molecule has 5 nitrogen and oxygen atoms in total. The highest BCUT2D eigenvalue weighted by Crippen LogP contribution is 2.29. The second-order valence-electron chi connectivity index (χ2n) is 6.27. The number of hydrogen-bond donors (Lipinski definition) is 2. The summed E-state index contributed by atoms with van der Waals surface area (Å²) in [6.07, 6.45) is -5.53. The number of aliphatic hydroxyl groups excluding tert-OH is 1. The molecule has 0 aliphatic carbocycles.